The molecule has 0 aliphatic carbocycles. The highest BCUT2D eigenvalue weighted by molar-refractivity contribution is 9.10. The first kappa shape index (κ1) is 13.2. The molecule has 0 heterocycles. The van der Waals surface area contributed by atoms with Gasteiger partial charge in [0.05, 0.1) is 10.5 Å². The summed E-state index contributed by atoms with van der Waals surface area (Å²) in [6.45, 7) is 0. The highest BCUT2D eigenvalue weighted by Gasteiger charge is 2.14. The molecule has 0 aromatic heterocycles. The number of nitro groups is 1. The first-order valence-corrected chi connectivity index (χ1v) is 6.06. The van der Waals surface area contributed by atoms with Crippen molar-refractivity contribution in [2.45, 2.75) is 0 Å². The number of halogens is 1. The number of aromatic carboxylic acids is 1. The zero-order valence-corrected chi connectivity index (χ0v) is 11.1. The number of rotatable bonds is 3. The van der Waals surface area contributed by atoms with E-state index in [2.05, 4.69) is 15.9 Å². The van der Waals surface area contributed by atoms with E-state index >= 15 is 0 Å². The average molecular weight is 322 g/mol. The van der Waals surface area contributed by atoms with Gasteiger partial charge in [0.2, 0.25) is 0 Å². The summed E-state index contributed by atoms with van der Waals surface area (Å²) in [6, 6.07) is 10.6. The Balaban J connectivity index is 2.64. The topological polar surface area (TPSA) is 80.4 Å². The van der Waals surface area contributed by atoms with Gasteiger partial charge in [0, 0.05) is 16.6 Å². The van der Waals surface area contributed by atoms with Gasteiger partial charge >= 0.3 is 5.97 Å². The van der Waals surface area contributed by atoms with Gasteiger partial charge in [-0.15, -0.1) is 0 Å². The summed E-state index contributed by atoms with van der Waals surface area (Å²) in [5, 5.41) is 19.9. The molecule has 0 spiro atoms. The van der Waals surface area contributed by atoms with Crippen LogP contribution in [-0.2, 0) is 0 Å². The molecule has 2 aromatic rings. The molecule has 0 saturated heterocycles. The molecule has 0 atom stereocenters. The van der Waals surface area contributed by atoms with Gasteiger partial charge in [-0.3, -0.25) is 10.1 Å². The molecule has 0 radical (unpaired) electrons. The average Bonchev–Trinajstić information content (AvgIpc) is 2.38. The summed E-state index contributed by atoms with van der Waals surface area (Å²) in [5.41, 5.74) is 0.955. The number of hydrogen-bond acceptors (Lipinski definition) is 3. The smallest absolute Gasteiger partial charge is 0.336 e. The molecule has 0 aliphatic rings. The Hall–Kier alpha value is -2.21. The monoisotopic (exact) mass is 321 g/mol. The molecule has 0 unspecified atom stereocenters. The number of non-ortho nitro benzene ring substituents is 1. The highest BCUT2D eigenvalue weighted by atomic mass is 79.9. The summed E-state index contributed by atoms with van der Waals surface area (Å²) >= 11 is 3.26. The molecule has 2 aromatic carbocycles. The predicted molar refractivity (Wildman–Crippen MR) is 73.2 cm³/mol. The third-order valence-electron chi connectivity index (χ3n) is 2.58. The maximum absolute atomic E-state index is 11.2. The van der Waals surface area contributed by atoms with Gasteiger partial charge in [0.25, 0.3) is 5.69 Å². The molecule has 0 bridgehead atoms. The standard InChI is InChI=1S/C13H8BrNO4/c14-9-4-5-11(13(16)17)12(7-9)8-2-1-3-10(6-8)15(18)19/h1-7H,(H,16,17). The maximum atomic E-state index is 11.2. The lowest BCUT2D eigenvalue weighted by Crippen LogP contribution is -1.99. The van der Waals surface area contributed by atoms with Crippen molar-refractivity contribution in [1.82, 2.24) is 0 Å². The fourth-order valence-corrected chi connectivity index (χ4v) is 2.09. The van der Waals surface area contributed by atoms with Crippen molar-refractivity contribution in [1.29, 1.82) is 0 Å². The molecular weight excluding hydrogens is 314 g/mol. The van der Waals surface area contributed by atoms with Crippen LogP contribution in [0.3, 0.4) is 0 Å². The second-order valence-electron chi connectivity index (χ2n) is 3.80. The first-order chi connectivity index (χ1) is 8.99. The largest absolute Gasteiger partial charge is 0.478 e. The van der Waals surface area contributed by atoms with Crippen LogP contribution in [0, 0.1) is 10.1 Å². The third kappa shape index (κ3) is 2.79. The van der Waals surface area contributed by atoms with Crippen molar-refractivity contribution in [3.63, 3.8) is 0 Å². The minimum atomic E-state index is -1.07. The zero-order valence-electron chi connectivity index (χ0n) is 9.54. The van der Waals surface area contributed by atoms with E-state index in [4.69, 9.17) is 5.11 Å². The molecule has 5 nitrogen and oxygen atoms in total. The van der Waals surface area contributed by atoms with Crippen LogP contribution in [-0.4, -0.2) is 16.0 Å². The van der Waals surface area contributed by atoms with E-state index in [0.717, 1.165) is 0 Å². The Labute approximate surface area is 116 Å². The van der Waals surface area contributed by atoms with Gasteiger partial charge in [0.15, 0.2) is 0 Å². The van der Waals surface area contributed by atoms with E-state index in [1.54, 1.807) is 18.2 Å². The van der Waals surface area contributed by atoms with Crippen molar-refractivity contribution in [3.8, 4) is 11.1 Å². The van der Waals surface area contributed by atoms with Gasteiger partial charge in [-0.25, -0.2) is 4.79 Å². The predicted octanol–water partition coefficient (Wildman–Crippen LogP) is 3.72. The number of carboxylic acids is 1. The van der Waals surface area contributed by atoms with Gasteiger partial charge < -0.3 is 5.11 Å². The van der Waals surface area contributed by atoms with E-state index in [1.165, 1.54) is 24.3 Å². The van der Waals surface area contributed by atoms with Crippen molar-refractivity contribution < 1.29 is 14.8 Å². The lowest BCUT2D eigenvalue weighted by atomic mass is 9.99. The second-order valence-corrected chi connectivity index (χ2v) is 4.72. The van der Waals surface area contributed by atoms with Gasteiger partial charge in [-0.05, 0) is 29.3 Å². The molecule has 0 saturated carbocycles. The number of carbonyl (C=O) groups is 1. The molecule has 0 fully saturated rings. The van der Waals surface area contributed by atoms with Crippen LogP contribution >= 0.6 is 15.9 Å². The lowest BCUT2D eigenvalue weighted by Gasteiger charge is -2.07. The summed E-state index contributed by atoms with van der Waals surface area (Å²) in [7, 11) is 0. The highest BCUT2D eigenvalue weighted by Crippen LogP contribution is 2.29. The Morgan fingerprint density at radius 2 is 1.95 bits per heavy atom. The Morgan fingerprint density at radius 3 is 2.58 bits per heavy atom. The molecule has 2 rings (SSSR count). The summed E-state index contributed by atoms with van der Waals surface area (Å²) in [6.07, 6.45) is 0. The van der Waals surface area contributed by atoms with Crippen LogP contribution in [0.5, 0.6) is 0 Å². The fourth-order valence-electron chi connectivity index (χ4n) is 1.73. The molecule has 96 valence electrons. The number of hydrogen-bond donors (Lipinski definition) is 1. The molecular formula is C13H8BrNO4. The molecule has 6 heteroatoms. The van der Waals surface area contributed by atoms with Crippen LogP contribution in [0.4, 0.5) is 5.69 Å². The van der Waals surface area contributed by atoms with E-state index in [9.17, 15) is 14.9 Å². The molecule has 1 N–H and O–H groups in total. The second kappa shape index (κ2) is 5.19. The van der Waals surface area contributed by atoms with Crippen LogP contribution in [0.15, 0.2) is 46.9 Å². The minimum absolute atomic E-state index is 0.0752. The molecule has 0 aliphatic heterocycles. The number of carboxylic acid groups (broad SMARTS) is 1. The Morgan fingerprint density at radius 1 is 1.21 bits per heavy atom. The van der Waals surface area contributed by atoms with Crippen molar-refractivity contribution in [2.24, 2.45) is 0 Å². The van der Waals surface area contributed by atoms with E-state index in [1.807, 2.05) is 0 Å². The summed E-state index contributed by atoms with van der Waals surface area (Å²) < 4.78 is 0.707. The quantitative estimate of drug-likeness (QED) is 0.690. The Kier molecular flexibility index (Phi) is 3.62. The molecule has 0 amide bonds. The van der Waals surface area contributed by atoms with E-state index in [0.29, 0.717) is 15.6 Å². The van der Waals surface area contributed by atoms with Gasteiger partial charge in [0.1, 0.15) is 0 Å². The number of benzene rings is 2. The SMILES string of the molecule is O=C(O)c1ccc(Br)cc1-c1cccc([N+](=O)[O-])c1. The summed E-state index contributed by atoms with van der Waals surface area (Å²) in [4.78, 5) is 21.4. The maximum Gasteiger partial charge on any atom is 0.336 e. The third-order valence-corrected chi connectivity index (χ3v) is 3.07. The van der Waals surface area contributed by atoms with E-state index in [-0.39, 0.29) is 11.3 Å². The van der Waals surface area contributed by atoms with E-state index < -0.39 is 10.9 Å². The van der Waals surface area contributed by atoms with Crippen LogP contribution in [0.1, 0.15) is 10.4 Å². The minimum Gasteiger partial charge on any atom is -0.478 e. The molecule has 19 heavy (non-hydrogen) atoms. The number of nitrogens with zero attached hydrogens (tertiary/aromatic N) is 1. The first-order valence-electron chi connectivity index (χ1n) is 5.26. The van der Waals surface area contributed by atoms with Crippen LogP contribution < -0.4 is 0 Å². The van der Waals surface area contributed by atoms with Crippen LogP contribution in [0.2, 0.25) is 0 Å². The fraction of sp³-hybridized carbons (Fsp3) is 0. The zero-order chi connectivity index (χ0) is 14.0. The van der Waals surface area contributed by atoms with Crippen LogP contribution in [0.25, 0.3) is 11.1 Å². The van der Waals surface area contributed by atoms with Gasteiger partial charge in [-0.2, -0.15) is 0 Å². The lowest BCUT2D eigenvalue weighted by molar-refractivity contribution is -0.384. The van der Waals surface area contributed by atoms with Crippen molar-refractivity contribution >= 4 is 27.6 Å². The van der Waals surface area contributed by atoms with Gasteiger partial charge in [-0.1, -0.05) is 28.1 Å². The summed E-state index contributed by atoms with van der Waals surface area (Å²) in [5.74, 6) is -1.07. The Bertz CT molecular complexity index is 669. The van der Waals surface area contributed by atoms with Crippen molar-refractivity contribution in [3.05, 3.63) is 62.6 Å². The van der Waals surface area contributed by atoms with Crippen molar-refractivity contribution in [2.75, 3.05) is 0 Å². The number of nitro benzene ring substituents is 1. The normalized spacial score (nSPS) is 10.2.